The van der Waals surface area contributed by atoms with E-state index in [1.54, 1.807) is 13.2 Å². The third-order valence-corrected chi connectivity index (χ3v) is 8.29. The maximum Gasteiger partial charge on any atom is 0.416 e. The van der Waals surface area contributed by atoms with Crippen molar-refractivity contribution >= 4 is 34.5 Å². The van der Waals surface area contributed by atoms with Crippen molar-refractivity contribution in [2.45, 2.75) is 69.9 Å². The number of nitrogens with one attached hydrogen (secondary N) is 3. The number of carbonyl (C=O) groups excluding carboxylic acids is 2. The number of aryl methyl sites for hydroxylation is 2. The van der Waals surface area contributed by atoms with Gasteiger partial charge in [0, 0.05) is 42.3 Å². The van der Waals surface area contributed by atoms with E-state index in [1.165, 1.54) is 10.7 Å². The van der Waals surface area contributed by atoms with Crippen LogP contribution in [0.5, 0.6) is 0 Å². The first-order valence-corrected chi connectivity index (χ1v) is 15.3. The number of anilines is 2. The van der Waals surface area contributed by atoms with Crippen LogP contribution in [0.15, 0.2) is 42.6 Å². The van der Waals surface area contributed by atoms with Crippen LogP contribution in [0.3, 0.4) is 0 Å². The molecule has 1 fully saturated rings. The number of benzene rings is 2. The van der Waals surface area contributed by atoms with Crippen LogP contribution < -0.4 is 21.7 Å². The van der Waals surface area contributed by atoms with Crippen LogP contribution >= 0.6 is 0 Å². The van der Waals surface area contributed by atoms with Crippen LogP contribution in [-0.4, -0.2) is 50.2 Å². The second-order valence-electron chi connectivity index (χ2n) is 11.7. The Balaban J connectivity index is 1.31. The van der Waals surface area contributed by atoms with Crippen LogP contribution in [0.4, 0.5) is 38.1 Å². The Kier molecular flexibility index (Phi) is 9.94. The highest BCUT2D eigenvalue weighted by Gasteiger charge is 2.37. The number of nitrogens with two attached hydrogens (primary N) is 1. The number of hydrogen-bond donors (Lipinski definition) is 4. The van der Waals surface area contributed by atoms with Crippen LogP contribution in [-0.2, 0) is 41.8 Å². The lowest BCUT2D eigenvalue weighted by molar-refractivity contribution is -0.142. The predicted octanol–water partition coefficient (Wildman–Crippen LogP) is 5.61. The number of amides is 2. The van der Waals surface area contributed by atoms with E-state index in [1.807, 2.05) is 19.1 Å². The zero-order chi connectivity index (χ0) is 34.8. The van der Waals surface area contributed by atoms with E-state index in [-0.39, 0.29) is 30.4 Å². The lowest BCUT2D eigenvalue weighted by atomic mass is 9.91. The summed E-state index contributed by atoms with van der Waals surface area (Å²) in [6, 6.07) is 6.55. The van der Waals surface area contributed by atoms with Gasteiger partial charge in [0.1, 0.15) is 0 Å². The Labute approximate surface area is 271 Å². The fraction of sp³-hybridized carbons (Fsp3) is 0.406. The second-order valence-corrected chi connectivity index (χ2v) is 11.7. The molecule has 10 nitrogen and oxygen atoms in total. The molecule has 1 saturated carbocycles. The van der Waals surface area contributed by atoms with Gasteiger partial charge in [0.05, 0.1) is 35.3 Å². The molecule has 5 rings (SSSR count). The predicted molar refractivity (Wildman–Crippen MR) is 167 cm³/mol. The summed E-state index contributed by atoms with van der Waals surface area (Å²) in [5.41, 5.74) is 4.93. The molecule has 2 amide bonds. The summed E-state index contributed by atoms with van der Waals surface area (Å²) in [5, 5.41) is 13.7. The third-order valence-electron chi connectivity index (χ3n) is 8.29. The van der Waals surface area contributed by atoms with Crippen LogP contribution in [0.1, 0.15) is 54.9 Å². The van der Waals surface area contributed by atoms with E-state index in [0.717, 1.165) is 42.1 Å². The molecule has 2 heterocycles. The van der Waals surface area contributed by atoms with E-state index < -0.39 is 41.4 Å². The highest BCUT2D eigenvalue weighted by atomic mass is 19.4. The lowest BCUT2D eigenvalue weighted by Crippen LogP contribution is -2.42. The molecule has 256 valence electrons. The standard InChI is InChI=1S/C32H34F6N8O2/c1-3-17-10-19(11-20-16-40-30(44-29(17)20)42-23-7-5-22(6-8-23)41-28(48)15-39)25-14-26(45-46(25)2)43-27(47)13-18-12-21(31(33,34)35)4-9-24(18)32(36,37)38/h4,9-12,14,16,22-23H,3,5-8,13,15,39H2,1-2H3,(H,41,48)(H,40,42,44)(H,43,45,47)/t22-,23-. The monoisotopic (exact) mass is 676 g/mol. The van der Waals surface area contributed by atoms with Crippen LogP contribution in [0, 0.1) is 0 Å². The van der Waals surface area contributed by atoms with Gasteiger partial charge in [-0.1, -0.05) is 6.92 Å². The van der Waals surface area contributed by atoms with Crippen LogP contribution in [0.2, 0.25) is 0 Å². The fourth-order valence-electron chi connectivity index (χ4n) is 5.91. The van der Waals surface area contributed by atoms with Crippen molar-refractivity contribution in [3.05, 3.63) is 64.8 Å². The fourth-order valence-corrected chi connectivity index (χ4v) is 5.91. The minimum atomic E-state index is -4.95. The molecule has 0 saturated heterocycles. The number of alkyl halides is 6. The minimum absolute atomic E-state index is 0.0179. The molecule has 0 unspecified atom stereocenters. The van der Waals surface area contributed by atoms with Gasteiger partial charge in [-0.05, 0) is 73.6 Å². The Morgan fingerprint density at radius 3 is 2.29 bits per heavy atom. The van der Waals surface area contributed by atoms with E-state index in [9.17, 15) is 35.9 Å². The highest BCUT2D eigenvalue weighted by Crippen LogP contribution is 2.37. The normalized spacial score (nSPS) is 16.9. The van der Waals surface area contributed by atoms with Crippen molar-refractivity contribution in [3.63, 3.8) is 0 Å². The van der Waals surface area contributed by atoms with E-state index in [4.69, 9.17) is 10.7 Å². The number of nitrogens with zero attached hydrogens (tertiary/aromatic N) is 4. The van der Waals surface area contributed by atoms with Crippen molar-refractivity contribution in [3.8, 4) is 11.3 Å². The summed E-state index contributed by atoms with van der Waals surface area (Å²) < 4.78 is 81.5. The molecule has 0 bridgehead atoms. The number of rotatable bonds is 9. The van der Waals surface area contributed by atoms with Gasteiger partial charge in [-0.25, -0.2) is 9.97 Å². The van der Waals surface area contributed by atoms with Gasteiger partial charge in [-0.2, -0.15) is 31.4 Å². The number of fused-ring (bicyclic) bond motifs is 1. The van der Waals surface area contributed by atoms with Gasteiger partial charge in [0.25, 0.3) is 0 Å². The van der Waals surface area contributed by atoms with Gasteiger partial charge in [-0.15, -0.1) is 0 Å². The molecule has 5 N–H and O–H groups in total. The molecule has 2 aromatic carbocycles. The first-order valence-electron chi connectivity index (χ1n) is 15.3. The molecule has 0 atom stereocenters. The third kappa shape index (κ3) is 8.03. The summed E-state index contributed by atoms with van der Waals surface area (Å²) in [6.45, 7) is 1.94. The zero-order valence-corrected chi connectivity index (χ0v) is 26.1. The Morgan fingerprint density at radius 2 is 1.65 bits per heavy atom. The Bertz CT molecular complexity index is 1810. The Hall–Kier alpha value is -4.73. The first kappa shape index (κ1) is 34.6. The summed E-state index contributed by atoms with van der Waals surface area (Å²) in [6.07, 6.45) is -5.15. The summed E-state index contributed by atoms with van der Waals surface area (Å²) in [5.74, 6) is -0.622. The van der Waals surface area contributed by atoms with Gasteiger partial charge >= 0.3 is 12.4 Å². The van der Waals surface area contributed by atoms with Crippen molar-refractivity contribution in [2.75, 3.05) is 17.2 Å². The van der Waals surface area contributed by atoms with Gasteiger partial charge in [0.2, 0.25) is 17.8 Å². The van der Waals surface area contributed by atoms with Gasteiger partial charge in [-0.3, -0.25) is 14.3 Å². The molecular formula is C32H34F6N8O2. The van der Waals surface area contributed by atoms with Crippen molar-refractivity contribution < 1.29 is 35.9 Å². The zero-order valence-electron chi connectivity index (χ0n) is 26.1. The molecule has 2 aromatic heterocycles. The highest BCUT2D eigenvalue weighted by molar-refractivity contribution is 5.93. The van der Waals surface area contributed by atoms with E-state index in [0.29, 0.717) is 41.8 Å². The maximum absolute atomic E-state index is 13.5. The molecule has 16 heteroatoms. The first-order chi connectivity index (χ1) is 22.6. The van der Waals surface area contributed by atoms with Gasteiger partial charge in [0.15, 0.2) is 5.82 Å². The van der Waals surface area contributed by atoms with Crippen molar-refractivity contribution in [2.24, 2.45) is 12.8 Å². The molecular weight excluding hydrogens is 642 g/mol. The molecule has 48 heavy (non-hydrogen) atoms. The average Bonchev–Trinajstić information content (AvgIpc) is 3.39. The maximum atomic E-state index is 13.5. The molecule has 0 radical (unpaired) electrons. The molecule has 0 aliphatic heterocycles. The quantitative estimate of drug-likeness (QED) is 0.169. The van der Waals surface area contributed by atoms with Crippen LogP contribution in [0.25, 0.3) is 22.2 Å². The number of halogens is 6. The topological polar surface area (TPSA) is 140 Å². The number of hydrogen-bond acceptors (Lipinski definition) is 7. The average molecular weight is 677 g/mol. The molecule has 1 aliphatic rings. The minimum Gasteiger partial charge on any atom is -0.352 e. The lowest BCUT2D eigenvalue weighted by Gasteiger charge is -2.29. The van der Waals surface area contributed by atoms with Crippen molar-refractivity contribution in [1.29, 1.82) is 0 Å². The largest absolute Gasteiger partial charge is 0.416 e. The van der Waals surface area contributed by atoms with E-state index >= 15 is 0 Å². The second kappa shape index (κ2) is 13.8. The smallest absolute Gasteiger partial charge is 0.352 e. The molecule has 1 aliphatic carbocycles. The van der Waals surface area contributed by atoms with Crippen molar-refractivity contribution in [1.82, 2.24) is 25.1 Å². The Morgan fingerprint density at radius 1 is 0.938 bits per heavy atom. The van der Waals surface area contributed by atoms with Gasteiger partial charge < -0.3 is 21.7 Å². The number of carbonyl (C=O) groups is 2. The SMILES string of the molecule is CCc1cc(-c2cc(NC(=O)Cc3cc(C(F)(F)F)ccc3C(F)(F)F)nn2C)cc2cnc(N[C@H]3CC[C@H](NC(=O)CN)CC3)nc12. The summed E-state index contributed by atoms with van der Waals surface area (Å²) in [7, 11) is 1.62. The summed E-state index contributed by atoms with van der Waals surface area (Å²) in [4.78, 5) is 33.6. The van der Waals surface area contributed by atoms with E-state index in [2.05, 4.69) is 26.0 Å². The summed E-state index contributed by atoms with van der Waals surface area (Å²) >= 11 is 0. The number of aromatic nitrogens is 4. The molecule has 0 spiro atoms. The molecule has 4 aromatic rings.